The number of hydrogen-bond acceptors (Lipinski definition) is 4. The van der Waals surface area contributed by atoms with Crippen LogP contribution in [-0.2, 0) is 0 Å². The standard InChI is InChI=1S/C15H14N2O2S/c1-8-7-11-12-9(13(8)16)3-2-4-10(12)14(18)17(5-6-20)15(11)19/h2-4,7,20H,5-6,16H2,1H3. The summed E-state index contributed by atoms with van der Waals surface area (Å²) in [5.74, 6) is -0.0993. The van der Waals surface area contributed by atoms with E-state index in [1.54, 1.807) is 18.2 Å². The van der Waals surface area contributed by atoms with E-state index in [0.29, 0.717) is 34.5 Å². The average molecular weight is 286 g/mol. The van der Waals surface area contributed by atoms with Crippen molar-refractivity contribution in [2.45, 2.75) is 6.92 Å². The van der Waals surface area contributed by atoms with Gasteiger partial charge in [-0.2, -0.15) is 12.6 Å². The maximum Gasteiger partial charge on any atom is 0.261 e. The van der Waals surface area contributed by atoms with Crippen LogP contribution in [0.2, 0.25) is 0 Å². The molecule has 0 saturated carbocycles. The minimum atomic E-state index is -0.273. The summed E-state index contributed by atoms with van der Waals surface area (Å²) >= 11 is 4.11. The number of nitrogens with zero attached hydrogens (tertiary/aromatic N) is 1. The molecule has 2 amide bonds. The fourth-order valence-corrected chi connectivity index (χ4v) is 2.88. The molecule has 0 spiro atoms. The first-order valence-electron chi connectivity index (χ1n) is 6.35. The van der Waals surface area contributed by atoms with Crippen molar-refractivity contribution in [1.82, 2.24) is 4.90 Å². The number of thiol groups is 1. The summed E-state index contributed by atoms with van der Waals surface area (Å²) < 4.78 is 0. The van der Waals surface area contributed by atoms with Gasteiger partial charge in [0.25, 0.3) is 11.8 Å². The molecule has 0 aliphatic carbocycles. The van der Waals surface area contributed by atoms with Crippen LogP contribution in [0.5, 0.6) is 0 Å². The molecule has 2 aromatic carbocycles. The number of amides is 2. The number of hydrogen-bond donors (Lipinski definition) is 2. The highest BCUT2D eigenvalue weighted by Gasteiger charge is 2.32. The second kappa shape index (κ2) is 4.52. The first-order chi connectivity index (χ1) is 9.56. The molecule has 0 aromatic heterocycles. The Kier molecular flexibility index (Phi) is 2.94. The van der Waals surface area contributed by atoms with E-state index in [1.165, 1.54) is 4.90 Å². The predicted octanol–water partition coefficient (Wildman–Crippen LogP) is 2.26. The van der Waals surface area contributed by atoms with Crippen molar-refractivity contribution in [3.63, 3.8) is 0 Å². The third kappa shape index (κ3) is 1.63. The molecule has 5 heteroatoms. The Bertz CT molecular complexity index is 755. The maximum atomic E-state index is 12.5. The van der Waals surface area contributed by atoms with Crippen molar-refractivity contribution < 1.29 is 9.59 Å². The lowest BCUT2D eigenvalue weighted by atomic mass is 9.91. The van der Waals surface area contributed by atoms with E-state index in [2.05, 4.69) is 12.6 Å². The Morgan fingerprint density at radius 3 is 2.60 bits per heavy atom. The lowest BCUT2D eigenvalue weighted by Gasteiger charge is -2.27. The number of imide groups is 1. The molecule has 0 saturated heterocycles. The van der Waals surface area contributed by atoms with Crippen LogP contribution in [0.15, 0.2) is 24.3 Å². The van der Waals surface area contributed by atoms with E-state index in [9.17, 15) is 9.59 Å². The number of carbonyl (C=O) groups is 2. The van der Waals surface area contributed by atoms with Gasteiger partial charge < -0.3 is 5.73 Å². The predicted molar refractivity (Wildman–Crippen MR) is 82.3 cm³/mol. The number of nitrogens with two attached hydrogens (primary N) is 1. The topological polar surface area (TPSA) is 63.4 Å². The van der Waals surface area contributed by atoms with Gasteiger partial charge in [-0.1, -0.05) is 12.1 Å². The van der Waals surface area contributed by atoms with Crippen LogP contribution < -0.4 is 5.73 Å². The van der Waals surface area contributed by atoms with Gasteiger partial charge in [-0.05, 0) is 24.6 Å². The van der Waals surface area contributed by atoms with Crippen molar-refractivity contribution in [3.05, 3.63) is 41.0 Å². The molecule has 0 unspecified atom stereocenters. The van der Waals surface area contributed by atoms with E-state index in [-0.39, 0.29) is 11.8 Å². The zero-order valence-corrected chi connectivity index (χ0v) is 11.9. The molecule has 1 aliphatic heterocycles. The summed E-state index contributed by atoms with van der Waals surface area (Å²) in [6.45, 7) is 2.17. The number of aryl methyl sites for hydroxylation is 1. The van der Waals surface area contributed by atoms with Crippen molar-refractivity contribution >= 4 is 40.9 Å². The molecule has 4 nitrogen and oxygen atoms in total. The minimum Gasteiger partial charge on any atom is -0.398 e. The number of benzene rings is 2. The van der Waals surface area contributed by atoms with Gasteiger partial charge in [0.2, 0.25) is 0 Å². The first kappa shape index (κ1) is 13.0. The minimum absolute atomic E-state index is 0.268. The molecule has 1 heterocycles. The normalized spacial score (nSPS) is 14.2. The molecule has 0 radical (unpaired) electrons. The molecule has 2 aromatic rings. The van der Waals surface area contributed by atoms with Crippen molar-refractivity contribution in [2.24, 2.45) is 0 Å². The quantitative estimate of drug-likeness (QED) is 0.505. The van der Waals surface area contributed by atoms with Gasteiger partial charge in [-0.25, -0.2) is 0 Å². The van der Waals surface area contributed by atoms with Crippen LogP contribution in [0, 0.1) is 6.92 Å². The van der Waals surface area contributed by atoms with Gasteiger partial charge in [0.05, 0.1) is 0 Å². The third-order valence-corrected chi connectivity index (χ3v) is 3.88. The van der Waals surface area contributed by atoms with Crippen molar-refractivity contribution in [1.29, 1.82) is 0 Å². The molecular formula is C15H14N2O2S. The van der Waals surface area contributed by atoms with Crippen LogP contribution in [0.4, 0.5) is 5.69 Å². The van der Waals surface area contributed by atoms with Gasteiger partial charge in [-0.3, -0.25) is 14.5 Å². The third-order valence-electron chi connectivity index (χ3n) is 3.68. The summed E-state index contributed by atoms with van der Waals surface area (Å²) in [5, 5.41) is 1.44. The van der Waals surface area contributed by atoms with Crippen LogP contribution >= 0.6 is 12.6 Å². The SMILES string of the molecule is Cc1cc2c3c(cccc3c1N)C(=O)N(CCS)C2=O. The van der Waals surface area contributed by atoms with Crippen LogP contribution in [0.1, 0.15) is 26.3 Å². The number of anilines is 1. The molecular weight excluding hydrogens is 272 g/mol. The Labute approximate surface area is 122 Å². The van der Waals surface area contributed by atoms with Gasteiger partial charge in [0.1, 0.15) is 0 Å². The van der Waals surface area contributed by atoms with Crippen LogP contribution in [0.25, 0.3) is 10.8 Å². The summed E-state index contributed by atoms with van der Waals surface area (Å²) in [6.07, 6.45) is 0. The second-order valence-corrected chi connectivity index (χ2v) is 5.32. The lowest BCUT2D eigenvalue weighted by molar-refractivity contribution is 0.0621. The highest BCUT2D eigenvalue weighted by Crippen LogP contribution is 2.35. The molecule has 20 heavy (non-hydrogen) atoms. The largest absolute Gasteiger partial charge is 0.398 e. The summed E-state index contributed by atoms with van der Waals surface area (Å²) in [7, 11) is 0. The van der Waals surface area contributed by atoms with Crippen molar-refractivity contribution in [3.8, 4) is 0 Å². The molecule has 102 valence electrons. The Morgan fingerprint density at radius 1 is 1.20 bits per heavy atom. The number of rotatable bonds is 2. The molecule has 1 aliphatic rings. The van der Waals surface area contributed by atoms with E-state index in [4.69, 9.17) is 5.73 Å². The zero-order chi connectivity index (χ0) is 14.4. The molecule has 3 rings (SSSR count). The van der Waals surface area contributed by atoms with Gasteiger partial charge in [0, 0.05) is 39.9 Å². The lowest BCUT2D eigenvalue weighted by Crippen LogP contribution is -2.41. The molecule has 0 atom stereocenters. The monoisotopic (exact) mass is 286 g/mol. The fourth-order valence-electron chi connectivity index (χ4n) is 2.68. The molecule has 0 fully saturated rings. The Balaban J connectivity index is 2.39. The van der Waals surface area contributed by atoms with Gasteiger partial charge in [0.15, 0.2) is 0 Å². The average Bonchev–Trinajstić information content (AvgIpc) is 2.45. The van der Waals surface area contributed by atoms with Gasteiger partial charge >= 0.3 is 0 Å². The first-order valence-corrected chi connectivity index (χ1v) is 6.98. The van der Waals surface area contributed by atoms with E-state index in [1.807, 2.05) is 13.0 Å². The second-order valence-electron chi connectivity index (χ2n) is 4.87. The van der Waals surface area contributed by atoms with Gasteiger partial charge in [-0.15, -0.1) is 0 Å². The van der Waals surface area contributed by atoms with Crippen molar-refractivity contribution in [2.75, 3.05) is 18.0 Å². The van der Waals surface area contributed by atoms with E-state index >= 15 is 0 Å². The Morgan fingerprint density at radius 2 is 1.90 bits per heavy atom. The number of carbonyl (C=O) groups excluding carboxylic acids is 2. The maximum absolute atomic E-state index is 12.5. The van der Waals surface area contributed by atoms with Crippen LogP contribution in [0.3, 0.4) is 0 Å². The highest BCUT2D eigenvalue weighted by molar-refractivity contribution is 7.80. The molecule has 2 N–H and O–H groups in total. The van der Waals surface area contributed by atoms with E-state index in [0.717, 1.165) is 10.9 Å². The Hall–Kier alpha value is -2.01. The number of nitrogen functional groups attached to an aromatic ring is 1. The summed E-state index contributed by atoms with van der Waals surface area (Å²) in [5.41, 5.74) is 8.61. The van der Waals surface area contributed by atoms with E-state index < -0.39 is 0 Å². The highest BCUT2D eigenvalue weighted by atomic mass is 32.1. The summed E-state index contributed by atoms with van der Waals surface area (Å²) in [6, 6.07) is 7.14. The smallest absolute Gasteiger partial charge is 0.261 e. The molecule has 0 bridgehead atoms. The fraction of sp³-hybridized carbons (Fsp3) is 0.200. The summed E-state index contributed by atoms with van der Waals surface area (Å²) in [4.78, 5) is 26.2. The van der Waals surface area contributed by atoms with Crippen LogP contribution in [-0.4, -0.2) is 29.0 Å². The zero-order valence-electron chi connectivity index (χ0n) is 11.0.